The number of carbonyl (C=O) groups is 3. The molecule has 0 aromatic heterocycles. The maximum atomic E-state index is 12.7. The van der Waals surface area contributed by atoms with E-state index in [2.05, 4.69) is 21.3 Å². The van der Waals surface area contributed by atoms with E-state index in [-0.39, 0.29) is 37.2 Å². The van der Waals surface area contributed by atoms with Gasteiger partial charge in [-0.05, 0) is 47.1 Å². The van der Waals surface area contributed by atoms with Gasteiger partial charge in [0, 0.05) is 44.3 Å². The molecule has 0 aliphatic heterocycles. The van der Waals surface area contributed by atoms with Crippen LogP contribution in [-0.4, -0.2) is 66.4 Å². The van der Waals surface area contributed by atoms with Gasteiger partial charge in [-0.15, -0.1) is 0 Å². The summed E-state index contributed by atoms with van der Waals surface area (Å²) in [6, 6.07) is 8.27. The fourth-order valence-corrected chi connectivity index (χ4v) is 2.81. The number of hydrogen-bond donors (Lipinski definition) is 5. The Kier molecular flexibility index (Phi) is 11.5. The normalized spacial score (nSPS) is 13.8. The standard InChI is InChI=1S/C23H40N6O4/c1-16(27-20(30)25-13-17(2)28-22(32)33-23(4,5)6)14-26-21(31)29(18(3)12-24)15-19-10-8-7-9-11-19/h7-11,16-18H,12-15,24H2,1-6H3,(H,26,31)(H,28,32)(H2,25,27,30)/t16-,17-,18-/m0/s1. The minimum Gasteiger partial charge on any atom is -0.444 e. The quantitative estimate of drug-likeness (QED) is 0.361. The predicted octanol–water partition coefficient (Wildman–Crippen LogP) is 2.15. The average molecular weight is 465 g/mol. The third kappa shape index (κ3) is 12.0. The minimum atomic E-state index is -0.590. The molecule has 0 radical (unpaired) electrons. The molecular weight excluding hydrogens is 424 g/mol. The zero-order valence-electron chi connectivity index (χ0n) is 20.6. The first-order chi connectivity index (χ1) is 15.4. The molecule has 3 atom stereocenters. The third-order valence-electron chi connectivity index (χ3n) is 4.60. The van der Waals surface area contributed by atoms with Crippen LogP contribution in [0.25, 0.3) is 0 Å². The van der Waals surface area contributed by atoms with Gasteiger partial charge in [-0.1, -0.05) is 30.3 Å². The zero-order chi connectivity index (χ0) is 25.0. The highest BCUT2D eigenvalue weighted by molar-refractivity contribution is 5.76. The molecule has 0 aliphatic carbocycles. The lowest BCUT2D eigenvalue weighted by Gasteiger charge is -2.29. The molecule has 0 unspecified atom stereocenters. The largest absolute Gasteiger partial charge is 0.444 e. The molecule has 33 heavy (non-hydrogen) atoms. The zero-order valence-corrected chi connectivity index (χ0v) is 20.6. The van der Waals surface area contributed by atoms with Gasteiger partial charge in [0.1, 0.15) is 5.60 Å². The fourth-order valence-electron chi connectivity index (χ4n) is 2.81. The van der Waals surface area contributed by atoms with Crippen LogP contribution in [-0.2, 0) is 11.3 Å². The molecule has 0 saturated carbocycles. The van der Waals surface area contributed by atoms with Crippen LogP contribution < -0.4 is 27.0 Å². The van der Waals surface area contributed by atoms with E-state index in [0.29, 0.717) is 13.1 Å². The number of urea groups is 2. The maximum Gasteiger partial charge on any atom is 0.407 e. The lowest BCUT2D eigenvalue weighted by atomic mass is 10.2. The molecule has 1 aromatic rings. The monoisotopic (exact) mass is 464 g/mol. The summed E-state index contributed by atoms with van der Waals surface area (Å²) in [5.74, 6) is 0. The average Bonchev–Trinajstić information content (AvgIpc) is 2.73. The number of amides is 5. The van der Waals surface area contributed by atoms with Gasteiger partial charge in [-0.3, -0.25) is 0 Å². The van der Waals surface area contributed by atoms with Crippen LogP contribution in [0.15, 0.2) is 30.3 Å². The van der Waals surface area contributed by atoms with Crippen molar-refractivity contribution in [1.82, 2.24) is 26.2 Å². The molecule has 0 spiro atoms. The van der Waals surface area contributed by atoms with E-state index < -0.39 is 17.7 Å². The van der Waals surface area contributed by atoms with Crippen LogP contribution in [0, 0.1) is 0 Å². The second-order valence-corrected chi connectivity index (χ2v) is 9.19. The number of nitrogens with two attached hydrogens (primary N) is 1. The second kappa shape index (κ2) is 13.5. The van der Waals surface area contributed by atoms with Crippen molar-refractivity contribution in [2.75, 3.05) is 19.6 Å². The van der Waals surface area contributed by atoms with Crippen LogP contribution in [0.5, 0.6) is 0 Å². The van der Waals surface area contributed by atoms with E-state index in [4.69, 9.17) is 10.5 Å². The van der Waals surface area contributed by atoms with Gasteiger partial charge in [-0.2, -0.15) is 0 Å². The van der Waals surface area contributed by atoms with Crippen molar-refractivity contribution in [2.24, 2.45) is 5.73 Å². The number of benzene rings is 1. The van der Waals surface area contributed by atoms with Crippen LogP contribution in [0.1, 0.15) is 47.1 Å². The molecule has 0 aliphatic rings. The first kappa shape index (κ1) is 28.0. The Morgan fingerprint density at radius 1 is 0.970 bits per heavy atom. The summed E-state index contributed by atoms with van der Waals surface area (Å²) >= 11 is 0. The first-order valence-electron chi connectivity index (χ1n) is 11.2. The van der Waals surface area contributed by atoms with Crippen molar-refractivity contribution in [3.63, 3.8) is 0 Å². The molecule has 10 nitrogen and oxygen atoms in total. The van der Waals surface area contributed by atoms with Gasteiger partial charge in [-0.25, -0.2) is 14.4 Å². The van der Waals surface area contributed by atoms with Gasteiger partial charge < -0.3 is 36.6 Å². The highest BCUT2D eigenvalue weighted by Gasteiger charge is 2.21. The van der Waals surface area contributed by atoms with Crippen molar-refractivity contribution in [3.8, 4) is 0 Å². The number of nitrogens with one attached hydrogen (secondary N) is 4. The van der Waals surface area contributed by atoms with E-state index in [9.17, 15) is 14.4 Å². The third-order valence-corrected chi connectivity index (χ3v) is 4.60. The summed E-state index contributed by atoms with van der Waals surface area (Å²) in [5.41, 5.74) is 6.20. The lowest BCUT2D eigenvalue weighted by Crippen LogP contribution is -2.52. The topological polar surface area (TPSA) is 138 Å². The molecule has 1 aromatic carbocycles. The van der Waals surface area contributed by atoms with Crippen molar-refractivity contribution < 1.29 is 19.1 Å². The van der Waals surface area contributed by atoms with E-state index in [0.717, 1.165) is 5.56 Å². The van der Waals surface area contributed by atoms with Gasteiger partial charge in [0.15, 0.2) is 0 Å². The van der Waals surface area contributed by atoms with Gasteiger partial charge >= 0.3 is 18.2 Å². The van der Waals surface area contributed by atoms with Gasteiger partial charge in [0.05, 0.1) is 0 Å². The molecule has 0 bridgehead atoms. The first-order valence-corrected chi connectivity index (χ1v) is 11.2. The Hall–Kier alpha value is -3.01. The van der Waals surface area contributed by atoms with E-state index in [1.807, 2.05) is 37.3 Å². The van der Waals surface area contributed by atoms with Crippen molar-refractivity contribution in [3.05, 3.63) is 35.9 Å². The van der Waals surface area contributed by atoms with Crippen LogP contribution in [0.4, 0.5) is 14.4 Å². The molecule has 186 valence electrons. The Morgan fingerprint density at radius 3 is 2.12 bits per heavy atom. The second-order valence-electron chi connectivity index (χ2n) is 9.19. The van der Waals surface area contributed by atoms with Gasteiger partial charge in [0.2, 0.25) is 0 Å². The minimum absolute atomic E-state index is 0.143. The molecule has 10 heteroatoms. The summed E-state index contributed by atoms with van der Waals surface area (Å²) < 4.78 is 5.19. The van der Waals surface area contributed by atoms with E-state index in [1.165, 1.54) is 0 Å². The predicted molar refractivity (Wildman–Crippen MR) is 129 cm³/mol. The van der Waals surface area contributed by atoms with E-state index in [1.54, 1.807) is 39.5 Å². The molecule has 0 saturated heterocycles. The molecule has 5 amide bonds. The smallest absolute Gasteiger partial charge is 0.407 e. The number of carbonyl (C=O) groups excluding carboxylic acids is 3. The SMILES string of the molecule is C[C@@H](CNC(=O)N(Cc1ccccc1)[C@@H](C)CN)NC(=O)NC[C@H](C)NC(=O)OC(C)(C)C. The molecule has 6 N–H and O–H groups in total. The molecular formula is C23H40N6O4. The summed E-state index contributed by atoms with van der Waals surface area (Å²) in [6.07, 6.45) is -0.542. The van der Waals surface area contributed by atoms with Crippen LogP contribution in [0.3, 0.4) is 0 Å². The molecule has 0 fully saturated rings. The van der Waals surface area contributed by atoms with Crippen molar-refractivity contribution in [1.29, 1.82) is 0 Å². The number of hydrogen-bond acceptors (Lipinski definition) is 5. The van der Waals surface area contributed by atoms with Crippen LogP contribution in [0.2, 0.25) is 0 Å². The van der Waals surface area contributed by atoms with Crippen molar-refractivity contribution >= 4 is 18.2 Å². The number of nitrogens with zero attached hydrogens (tertiary/aromatic N) is 1. The Bertz CT molecular complexity index is 753. The summed E-state index contributed by atoms with van der Waals surface area (Å²) in [7, 11) is 0. The Morgan fingerprint density at radius 2 is 1.55 bits per heavy atom. The number of ether oxygens (including phenoxy) is 1. The van der Waals surface area contributed by atoms with E-state index >= 15 is 0 Å². The maximum absolute atomic E-state index is 12.7. The summed E-state index contributed by atoms with van der Waals surface area (Å²) in [5, 5.41) is 11.0. The van der Waals surface area contributed by atoms with Gasteiger partial charge in [0.25, 0.3) is 0 Å². The van der Waals surface area contributed by atoms with Crippen LogP contribution >= 0.6 is 0 Å². The Labute approximate surface area is 197 Å². The number of rotatable bonds is 10. The highest BCUT2D eigenvalue weighted by Crippen LogP contribution is 2.08. The lowest BCUT2D eigenvalue weighted by molar-refractivity contribution is 0.0508. The number of alkyl carbamates (subject to hydrolysis) is 1. The molecule has 1 rings (SSSR count). The summed E-state index contributed by atoms with van der Waals surface area (Å²) in [6.45, 7) is 12.0. The highest BCUT2D eigenvalue weighted by atomic mass is 16.6. The summed E-state index contributed by atoms with van der Waals surface area (Å²) in [4.78, 5) is 38.3. The Balaban J connectivity index is 2.42. The fraction of sp³-hybridized carbons (Fsp3) is 0.609. The van der Waals surface area contributed by atoms with Crippen molar-refractivity contribution in [2.45, 2.75) is 71.8 Å². The molecule has 0 heterocycles.